The van der Waals surface area contributed by atoms with E-state index in [1.807, 2.05) is 42.2 Å². The summed E-state index contributed by atoms with van der Waals surface area (Å²) in [5.74, 6) is 0.801. The molecule has 3 rings (SSSR count). The normalized spacial score (nSPS) is 14.0. The maximum Gasteiger partial charge on any atom is 0.349 e. The molecular formula is C21H24N2O4. The number of amides is 1. The minimum Gasteiger partial charge on any atom is -0.482 e. The van der Waals surface area contributed by atoms with Gasteiger partial charge < -0.3 is 19.3 Å². The summed E-state index contributed by atoms with van der Waals surface area (Å²) >= 11 is 0. The molecule has 27 heavy (non-hydrogen) atoms. The number of piperazine rings is 1. The second-order valence-corrected chi connectivity index (χ2v) is 6.57. The number of benzene rings is 2. The van der Waals surface area contributed by atoms with Crippen molar-refractivity contribution >= 4 is 17.6 Å². The predicted molar refractivity (Wildman–Crippen MR) is 103 cm³/mol. The first kappa shape index (κ1) is 18.8. The van der Waals surface area contributed by atoms with Crippen molar-refractivity contribution < 1.29 is 19.1 Å². The highest BCUT2D eigenvalue weighted by molar-refractivity contribution is 5.74. The number of carbonyl (C=O) groups is 2. The van der Waals surface area contributed by atoms with Crippen LogP contribution in [0.5, 0.6) is 11.5 Å². The fourth-order valence-corrected chi connectivity index (χ4v) is 3.01. The summed E-state index contributed by atoms with van der Waals surface area (Å²) in [6, 6.07) is 14.9. The van der Waals surface area contributed by atoms with E-state index in [0.29, 0.717) is 11.5 Å². The zero-order valence-electron chi connectivity index (χ0n) is 15.7. The van der Waals surface area contributed by atoms with Crippen molar-refractivity contribution in [1.29, 1.82) is 0 Å². The summed E-state index contributed by atoms with van der Waals surface area (Å²) in [6.07, 6.45) is 0. The van der Waals surface area contributed by atoms with E-state index < -0.39 is 5.97 Å². The fraction of sp³-hybridized carbons (Fsp3) is 0.333. The Balaban J connectivity index is 1.49. The zero-order valence-corrected chi connectivity index (χ0v) is 15.7. The van der Waals surface area contributed by atoms with E-state index in [4.69, 9.17) is 9.47 Å². The van der Waals surface area contributed by atoms with Gasteiger partial charge in [-0.3, -0.25) is 4.79 Å². The first-order chi connectivity index (χ1) is 13.0. The van der Waals surface area contributed by atoms with Gasteiger partial charge in [0, 0.05) is 38.8 Å². The fourth-order valence-electron chi connectivity index (χ4n) is 3.01. The van der Waals surface area contributed by atoms with Crippen molar-refractivity contribution in [2.45, 2.75) is 13.8 Å². The van der Waals surface area contributed by atoms with E-state index in [2.05, 4.69) is 4.90 Å². The van der Waals surface area contributed by atoms with Gasteiger partial charge >= 0.3 is 5.97 Å². The van der Waals surface area contributed by atoms with E-state index in [1.54, 1.807) is 25.1 Å². The van der Waals surface area contributed by atoms with Gasteiger partial charge in [-0.25, -0.2) is 4.79 Å². The summed E-state index contributed by atoms with van der Waals surface area (Å²) in [5, 5.41) is 0. The Hall–Kier alpha value is -3.02. The zero-order chi connectivity index (χ0) is 19.2. The van der Waals surface area contributed by atoms with Crippen LogP contribution in [0.3, 0.4) is 0 Å². The van der Waals surface area contributed by atoms with Gasteiger partial charge in [0.2, 0.25) is 5.91 Å². The molecule has 6 heteroatoms. The van der Waals surface area contributed by atoms with Crippen LogP contribution in [0.4, 0.5) is 5.69 Å². The molecule has 2 aromatic carbocycles. The molecule has 1 aliphatic rings. The van der Waals surface area contributed by atoms with Crippen molar-refractivity contribution in [1.82, 2.24) is 4.90 Å². The molecule has 0 atom stereocenters. The van der Waals surface area contributed by atoms with Crippen LogP contribution in [0.15, 0.2) is 48.5 Å². The highest BCUT2D eigenvalue weighted by Gasteiger charge is 2.18. The Morgan fingerprint density at radius 3 is 2.30 bits per heavy atom. The lowest BCUT2D eigenvalue weighted by Gasteiger charge is -2.35. The van der Waals surface area contributed by atoms with Gasteiger partial charge in [0.1, 0.15) is 11.5 Å². The molecule has 0 N–H and O–H groups in total. The lowest BCUT2D eigenvalue weighted by molar-refractivity contribution is -0.136. The molecule has 2 aromatic rings. The Morgan fingerprint density at radius 1 is 0.963 bits per heavy atom. The molecule has 0 radical (unpaired) electrons. The van der Waals surface area contributed by atoms with E-state index in [-0.39, 0.29) is 12.5 Å². The molecule has 1 aliphatic heterocycles. The van der Waals surface area contributed by atoms with Gasteiger partial charge in [0.05, 0.1) is 0 Å². The number of esters is 1. The van der Waals surface area contributed by atoms with Crippen molar-refractivity contribution in [2.24, 2.45) is 0 Å². The molecule has 0 bridgehead atoms. The number of ether oxygens (including phenoxy) is 2. The minimum absolute atomic E-state index is 0.116. The Bertz CT molecular complexity index is 796. The molecule has 0 spiro atoms. The minimum atomic E-state index is -0.445. The second-order valence-electron chi connectivity index (χ2n) is 6.57. The van der Waals surface area contributed by atoms with Crippen molar-refractivity contribution in [2.75, 3.05) is 37.7 Å². The van der Waals surface area contributed by atoms with Crippen LogP contribution in [0.1, 0.15) is 12.5 Å². The lowest BCUT2D eigenvalue weighted by atomic mass is 10.2. The van der Waals surface area contributed by atoms with Crippen LogP contribution in [0.2, 0.25) is 0 Å². The van der Waals surface area contributed by atoms with E-state index in [1.165, 1.54) is 0 Å². The molecule has 6 nitrogen and oxygen atoms in total. The third-order valence-electron chi connectivity index (χ3n) is 4.50. The largest absolute Gasteiger partial charge is 0.482 e. The summed E-state index contributed by atoms with van der Waals surface area (Å²) < 4.78 is 10.8. The van der Waals surface area contributed by atoms with Gasteiger partial charge in [0.25, 0.3) is 0 Å². The molecule has 0 aliphatic carbocycles. The molecular weight excluding hydrogens is 344 g/mol. The second kappa shape index (κ2) is 8.58. The molecule has 142 valence electrons. The number of rotatable bonds is 5. The van der Waals surface area contributed by atoms with Crippen LogP contribution >= 0.6 is 0 Å². The SMILES string of the molecule is CC(=O)N1CCN(c2ccc(OC(=O)COc3cccc(C)c3)cc2)CC1. The molecule has 1 heterocycles. The third-order valence-corrected chi connectivity index (χ3v) is 4.50. The Kier molecular flexibility index (Phi) is 5.96. The molecule has 0 saturated carbocycles. The summed E-state index contributed by atoms with van der Waals surface area (Å²) in [6.45, 7) is 6.46. The van der Waals surface area contributed by atoms with E-state index in [9.17, 15) is 9.59 Å². The van der Waals surface area contributed by atoms with Gasteiger partial charge in [-0.1, -0.05) is 12.1 Å². The van der Waals surface area contributed by atoms with Crippen LogP contribution in [-0.2, 0) is 9.59 Å². The van der Waals surface area contributed by atoms with Gasteiger partial charge in [0.15, 0.2) is 6.61 Å². The average molecular weight is 368 g/mol. The summed E-state index contributed by atoms with van der Waals surface area (Å²) in [5.41, 5.74) is 2.12. The summed E-state index contributed by atoms with van der Waals surface area (Å²) in [4.78, 5) is 27.4. The topological polar surface area (TPSA) is 59.1 Å². The maximum absolute atomic E-state index is 12.0. The highest BCUT2D eigenvalue weighted by atomic mass is 16.6. The number of anilines is 1. The van der Waals surface area contributed by atoms with Gasteiger partial charge in [-0.15, -0.1) is 0 Å². The molecule has 1 amide bonds. The third kappa shape index (κ3) is 5.23. The summed E-state index contributed by atoms with van der Waals surface area (Å²) in [7, 11) is 0. The predicted octanol–water partition coefficient (Wildman–Crippen LogP) is 2.65. The van der Waals surface area contributed by atoms with Crippen LogP contribution in [0, 0.1) is 6.92 Å². The lowest BCUT2D eigenvalue weighted by Crippen LogP contribution is -2.48. The molecule has 0 unspecified atom stereocenters. The van der Waals surface area contributed by atoms with Gasteiger partial charge in [-0.05, 0) is 48.9 Å². The highest BCUT2D eigenvalue weighted by Crippen LogP contribution is 2.21. The standard InChI is InChI=1S/C21H24N2O4/c1-16-4-3-5-20(14-16)26-15-21(25)27-19-8-6-18(7-9-19)23-12-10-22(11-13-23)17(2)24/h3-9,14H,10-13,15H2,1-2H3. The molecule has 0 aromatic heterocycles. The smallest absolute Gasteiger partial charge is 0.349 e. The number of hydrogen-bond acceptors (Lipinski definition) is 5. The van der Waals surface area contributed by atoms with Gasteiger partial charge in [-0.2, -0.15) is 0 Å². The number of carbonyl (C=O) groups excluding carboxylic acids is 2. The quantitative estimate of drug-likeness (QED) is 0.600. The number of hydrogen-bond donors (Lipinski definition) is 0. The van der Waals surface area contributed by atoms with Crippen LogP contribution in [-0.4, -0.2) is 49.6 Å². The first-order valence-electron chi connectivity index (χ1n) is 9.02. The van der Waals surface area contributed by atoms with E-state index >= 15 is 0 Å². The van der Waals surface area contributed by atoms with Crippen LogP contribution < -0.4 is 14.4 Å². The van der Waals surface area contributed by atoms with Crippen molar-refractivity contribution in [3.8, 4) is 11.5 Å². The van der Waals surface area contributed by atoms with Crippen molar-refractivity contribution in [3.63, 3.8) is 0 Å². The van der Waals surface area contributed by atoms with Crippen LogP contribution in [0.25, 0.3) is 0 Å². The Labute approximate surface area is 159 Å². The Morgan fingerprint density at radius 2 is 1.67 bits per heavy atom. The van der Waals surface area contributed by atoms with Crippen molar-refractivity contribution in [3.05, 3.63) is 54.1 Å². The molecule has 1 saturated heterocycles. The maximum atomic E-state index is 12.0. The number of aryl methyl sites for hydroxylation is 1. The first-order valence-corrected chi connectivity index (χ1v) is 9.02. The average Bonchev–Trinajstić information content (AvgIpc) is 2.67. The monoisotopic (exact) mass is 368 g/mol. The number of nitrogens with zero attached hydrogens (tertiary/aromatic N) is 2. The molecule has 1 fully saturated rings. The van der Waals surface area contributed by atoms with E-state index in [0.717, 1.165) is 37.4 Å².